The van der Waals surface area contributed by atoms with Crippen molar-refractivity contribution < 1.29 is 13.2 Å². The van der Waals surface area contributed by atoms with Gasteiger partial charge in [-0.2, -0.15) is 9.29 Å². The molecule has 5 rings (SSSR count). The second kappa shape index (κ2) is 10.5. The molecular formula is C26H34N6O4S. The molecule has 1 aromatic carbocycles. The second-order valence-corrected chi connectivity index (χ2v) is 12.4. The maximum atomic E-state index is 13.9. The smallest absolute Gasteiger partial charge is 0.260 e. The Morgan fingerprint density at radius 1 is 1.05 bits per heavy atom. The van der Waals surface area contributed by atoms with Gasteiger partial charge in [-0.15, -0.1) is 0 Å². The summed E-state index contributed by atoms with van der Waals surface area (Å²) in [5.41, 5.74) is 6.34. The summed E-state index contributed by atoms with van der Waals surface area (Å²) in [5, 5.41) is 2.27. The molecule has 2 saturated heterocycles. The van der Waals surface area contributed by atoms with Crippen LogP contribution in [0.1, 0.15) is 38.3 Å². The molecule has 0 bridgehead atoms. The van der Waals surface area contributed by atoms with Crippen molar-refractivity contribution in [3.63, 3.8) is 0 Å². The van der Waals surface area contributed by atoms with Crippen molar-refractivity contribution in [2.75, 3.05) is 44.8 Å². The van der Waals surface area contributed by atoms with Crippen LogP contribution in [0.4, 0.5) is 5.95 Å². The summed E-state index contributed by atoms with van der Waals surface area (Å²) >= 11 is 0. The predicted molar refractivity (Wildman–Crippen MR) is 144 cm³/mol. The Balaban J connectivity index is 1.48. The van der Waals surface area contributed by atoms with Gasteiger partial charge in [0.15, 0.2) is 0 Å². The van der Waals surface area contributed by atoms with E-state index in [0.29, 0.717) is 56.6 Å². The lowest BCUT2D eigenvalue weighted by molar-refractivity contribution is 0.0697. The number of rotatable bonds is 6. The molecule has 10 nitrogen and oxygen atoms in total. The molecule has 0 amide bonds. The number of hydrazine groups is 1. The Bertz CT molecular complexity index is 1440. The molecule has 3 aromatic rings. The average Bonchev–Trinajstić information content (AvgIpc) is 2.89. The Hall–Kier alpha value is -2.86. The van der Waals surface area contributed by atoms with Gasteiger partial charge in [0.1, 0.15) is 5.65 Å². The van der Waals surface area contributed by atoms with Crippen molar-refractivity contribution in [3.05, 3.63) is 52.4 Å². The van der Waals surface area contributed by atoms with E-state index in [9.17, 15) is 13.2 Å². The van der Waals surface area contributed by atoms with Gasteiger partial charge in [0.2, 0.25) is 16.0 Å². The van der Waals surface area contributed by atoms with Gasteiger partial charge in [0.05, 0.1) is 5.25 Å². The lowest BCUT2D eigenvalue weighted by Gasteiger charge is -2.34. The van der Waals surface area contributed by atoms with Crippen molar-refractivity contribution in [3.8, 4) is 11.1 Å². The molecule has 37 heavy (non-hydrogen) atoms. The van der Waals surface area contributed by atoms with Crippen LogP contribution in [0.3, 0.4) is 0 Å². The normalized spacial score (nSPS) is 18.5. The van der Waals surface area contributed by atoms with Crippen molar-refractivity contribution in [2.24, 2.45) is 0 Å². The zero-order valence-corrected chi connectivity index (χ0v) is 22.4. The van der Waals surface area contributed by atoms with E-state index in [1.54, 1.807) is 20.0 Å². The van der Waals surface area contributed by atoms with Gasteiger partial charge < -0.3 is 4.74 Å². The number of nitrogens with zero attached hydrogens (tertiary/aromatic N) is 5. The zero-order chi connectivity index (χ0) is 26.2. The lowest BCUT2D eigenvalue weighted by Crippen LogP contribution is -2.52. The standard InChI is InChI=1S/C26H34N6O4S/c1-18(2)37(34,35)31-12-10-30(11-13-31)29-26-27-17-20-16-23(22-7-5-4-6-19(22)3)25(33)32(24(20)28-26)21-8-14-36-15-9-21/h4-7,16-18,21H,8-15H2,1-3H3,(H,27,28,29). The van der Waals surface area contributed by atoms with Gasteiger partial charge >= 0.3 is 0 Å². The van der Waals surface area contributed by atoms with Crippen LogP contribution < -0.4 is 11.0 Å². The number of pyridine rings is 1. The van der Waals surface area contributed by atoms with Crippen LogP contribution in [0.2, 0.25) is 0 Å². The molecule has 0 radical (unpaired) electrons. The third kappa shape index (κ3) is 5.13. The fourth-order valence-electron chi connectivity index (χ4n) is 5.02. The van der Waals surface area contributed by atoms with Gasteiger partial charge in [0.25, 0.3) is 5.56 Å². The number of hydrogen-bond donors (Lipinski definition) is 1. The quantitative estimate of drug-likeness (QED) is 0.522. The van der Waals surface area contributed by atoms with E-state index in [-0.39, 0.29) is 11.6 Å². The summed E-state index contributed by atoms with van der Waals surface area (Å²) in [6.45, 7) is 8.42. The number of fused-ring (bicyclic) bond motifs is 1. The Morgan fingerprint density at radius 3 is 2.43 bits per heavy atom. The van der Waals surface area contributed by atoms with Crippen LogP contribution >= 0.6 is 0 Å². The Labute approximate surface area is 217 Å². The molecule has 0 aliphatic carbocycles. The van der Waals surface area contributed by atoms with E-state index < -0.39 is 15.3 Å². The Morgan fingerprint density at radius 2 is 1.76 bits per heavy atom. The van der Waals surface area contributed by atoms with E-state index in [0.717, 1.165) is 29.4 Å². The lowest BCUT2D eigenvalue weighted by atomic mass is 10.00. The number of piperazine rings is 1. The van der Waals surface area contributed by atoms with Crippen LogP contribution in [0.5, 0.6) is 0 Å². The molecule has 0 atom stereocenters. The first kappa shape index (κ1) is 25.8. The first-order chi connectivity index (χ1) is 17.8. The minimum atomic E-state index is -3.28. The highest BCUT2D eigenvalue weighted by molar-refractivity contribution is 7.89. The minimum absolute atomic E-state index is 0.0137. The molecule has 4 heterocycles. The Kier molecular flexibility index (Phi) is 7.30. The molecule has 0 saturated carbocycles. The molecule has 198 valence electrons. The van der Waals surface area contributed by atoms with Gasteiger partial charge in [-0.05, 0) is 50.8 Å². The van der Waals surface area contributed by atoms with Crippen molar-refractivity contribution in [1.29, 1.82) is 0 Å². The summed E-state index contributed by atoms with van der Waals surface area (Å²) in [6.07, 6.45) is 3.23. The summed E-state index contributed by atoms with van der Waals surface area (Å²) in [7, 11) is -3.28. The molecule has 2 fully saturated rings. The third-order valence-electron chi connectivity index (χ3n) is 7.22. The summed E-state index contributed by atoms with van der Waals surface area (Å²) in [5.74, 6) is 0.386. The number of nitrogens with one attached hydrogen (secondary N) is 1. The van der Waals surface area contributed by atoms with Gasteiger partial charge in [0, 0.05) is 62.6 Å². The minimum Gasteiger partial charge on any atom is -0.381 e. The molecule has 0 unspecified atom stereocenters. The maximum absolute atomic E-state index is 13.9. The van der Waals surface area contributed by atoms with Crippen molar-refractivity contribution >= 4 is 27.0 Å². The van der Waals surface area contributed by atoms with Crippen LogP contribution in [0.25, 0.3) is 22.2 Å². The first-order valence-electron chi connectivity index (χ1n) is 12.8. The summed E-state index contributed by atoms with van der Waals surface area (Å²) < 4.78 is 33.9. The number of sulfonamides is 1. The molecule has 1 N–H and O–H groups in total. The predicted octanol–water partition coefficient (Wildman–Crippen LogP) is 2.80. The molecule has 2 aromatic heterocycles. The van der Waals surface area contributed by atoms with E-state index >= 15 is 0 Å². The molecule has 2 aliphatic rings. The van der Waals surface area contributed by atoms with Crippen LogP contribution in [0, 0.1) is 6.92 Å². The number of aryl methyl sites for hydroxylation is 1. The zero-order valence-electron chi connectivity index (χ0n) is 21.6. The number of anilines is 1. The third-order valence-corrected chi connectivity index (χ3v) is 9.49. The van der Waals surface area contributed by atoms with Crippen LogP contribution in [-0.4, -0.2) is 76.9 Å². The van der Waals surface area contributed by atoms with Gasteiger partial charge in [-0.1, -0.05) is 24.3 Å². The fraction of sp³-hybridized carbons (Fsp3) is 0.500. The highest BCUT2D eigenvalue weighted by Gasteiger charge is 2.30. The van der Waals surface area contributed by atoms with Crippen molar-refractivity contribution in [1.82, 2.24) is 23.8 Å². The molecule has 2 aliphatic heterocycles. The van der Waals surface area contributed by atoms with Crippen LogP contribution in [-0.2, 0) is 14.8 Å². The fourth-order valence-corrected chi connectivity index (χ4v) is 6.29. The van der Waals surface area contributed by atoms with E-state index in [1.165, 1.54) is 4.31 Å². The summed E-state index contributed by atoms with van der Waals surface area (Å²) in [4.78, 5) is 23.2. The largest absolute Gasteiger partial charge is 0.381 e. The number of hydrogen-bond acceptors (Lipinski definition) is 8. The SMILES string of the molecule is Cc1ccccc1-c1cc2cnc(NN3CCN(S(=O)(=O)C(C)C)CC3)nc2n(C2CCOCC2)c1=O. The highest BCUT2D eigenvalue weighted by Crippen LogP contribution is 2.28. The monoisotopic (exact) mass is 526 g/mol. The summed E-state index contributed by atoms with van der Waals surface area (Å²) in [6, 6.07) is 9.77. The molecule has 11 heteroatoms. The van der Waals surface area contributed by atoms with Gasteiger partial charge in [-0.25, -0.2) is 18.4 Å². The average molecular weight is 527 g/mol. The molecular weight excluding hydrogens is 492 g/mol. The topological polar surface area (TPSA) is 110 Å². The van der Waals surface area contributed by atoms with Crippen LogP contribution in [0.15, 0.2) is 41.3 Å². The number of ether oxygens (including phenoxy) is 1. The van der Waals surface area contributed by atoms with Gasteiger partial charge in [-0.3, -0.25) is 14.8 Å². The second-order valence-electron chi connectivity index (χ2n) is 9.96. The van der Waals surface area contributed by atoms with E-state index in [1.807, 2.05) is 46.8 Å². The molecule has 0 spiro atoms. The highest BCUT2D eigenvalue weighted by atomic mass is 32.2. The van der Waals surface area contributed by atoms with Crippen molar-refractivity contribution in [2.45, 2.75) is 44.9 Å². The van der Waals surface area contributed by atoms with E-state index in [4.69, 9.17) is 9.72 Å². The number of aromatic nitrogens is 3. The van der Waals surface area contributed by atoms with E-state index in [2.05, 4.69) is 10.4 Å². The maximum Gasteiger partial charge on any atom is 0.260 e. The first-order valence-corrected chi connectivity index (χ1v) is 14.3. The number of benzene rings is 1.